The molecule has 8 heteroatoms. The fraction of sp³-hybridized carbons (Fsp3) is 0.625. The molecule has 16 heavy (non-hydrogen) atoms. The van der Waals surface area contributed by atoms with Crippen LogP contribution in [0.3, 0.4) is 0 Å². The summed E-state index contributed by atoms with van der Waals surface area (Å²) in [5.74, 6) is -0.165. The van der Waals surface area contributed by atoms with Crippen LogP contribution in [-0.4, -0.2) is 44.1 Å². The molecule has 0 spiro atoms. The first-order valence-corrected chi connectivity index (χ1v) is 4.74. The summed E-state index contributed by atoms with van der Waals surface area (Å²) in [5, 5.41) is 19.1. The fourth-order valence-corrected chi connectivity index (χ4v) is 1.73. The summed E-state index contributed by atoms with van der Waals surface area (Å²) < 4.78 is 6.21. The molecule has 1 aromatic rings. The zero-order chi connectivity index (χ0) is 11.8. The van der Waals surface area contributed by atoms with Gasteiger partial charge in [0.25, 0.3) is 0 Å². The van der Waals surface area contributed by atoms with E-state index in [4.69, 9.17) is 10.5 Å². The molecular weight excluding hydrogens is 216 g/mol. The van der Waals surface area contributed by atoms with Gasteiger partial charge in [-0.05, 0) is 0 Å². The van der Waals surface area contributed by atoms with Crippen LogP contribution in [-0.2, 0) is 10.5 Å². The second kappa shape index (κ2) is 3.81. The summed E-state index contributed by atoms with van der Waals surface area (Å²) in [6.07, 6.45) is 0.453. The lowest BCUT2D eigenvalue weighted by atomic mass is 10.1. The molecule has 8 nitrogen and oxygen atoms in total. The molecule has 0 saturated carbocycles. The van der Waals surface area contributed by atoms with Crippen LogP contribution < -0.4 is 11.4 Å². The minimum absolute atomic E-state index is 0.165. The van der Waals surface area contributed by atoms with Crippen molar-refractivity contribution in [3.8, 4) is 0 Å². The van der Waals surface area contributed by atoms with Crippen molar-refractivity contribution in [2.75, 3.05) is 18.9 Å². The minimum atomic E-state index is -1.50. The Hall–Kier alpha value is -1.51. The second-order valence-corrected chi connectivity index (χ2v) is 3.52. The molecule has 88 valence electrons. The Balaban J connectivity index is 2.52. The van der Waals surface area contributed by atoms with E-state index in [9.17, 15) is 15.0 Å². The van der Waals surface area contributed by atoms with E-state index in [0.717, 1.165) is 10.9 Å². The van der Waals surface area contributed by atoms with Crippen molar-refractivity contribution >= 4 is 5.95 Å². The third-order valence-electron chi connectivity index (χ3n) is 2.62. The molecule has 1 aromatic heterocycles. The van der Waals surface area contributed by atoms with Gasteiger partial charge < -0.3 is 20.7 Å². The number of ether oxygens (including phenoxy) is 1. The largest absolute Gasteiger partial charge is 0.391 e. The Morgan fingerprint density at radius 2 is 2.50 bits per heavy atom. The number of aliphatic hydroxyl groups excluding tert-OH is 2. The van der Waals surface area contributed by atoms with E-state index in [1.165, 1.54) is 0 Å². The quantitative estimate of drug-likeness (QED) is 0.517. The third kappa shape index (κ3) is 1.47. The van der Waals surface area contributed by atoms with Gasteiger partial charge in [-0.15, -0.1) is 0 Å². The van der Waals surface area contributed by atoms with Crippen LogP contribution >= 0.6 is 0 Å². The molecule has 0 aromatic carbocycles. The maximum atomic E-state index is 11.6. The van der Waals surface area contributed by atoms with Crippen molar-refractivity contribution in [3.63, 3.8) is 0 Å². The predicted octanol–water partition coefficient (Wildman–Crippen LogP) is -2.35. The van der Waals surface area contributed by atoms with E-state index in [1.54, 1.807) is 0 Å². The molecule has 0 amide bonds. The van der Waals surface area contributed by atoms with Crippen LogP contribution in [0.15, 0.2) is 11.1 Å². The van der Waals surface area contributed by atoms with Gasteiger partial charge in [0.2, 0.25) is 5.95 Å². The Labute approximate surface area is 90.3 Å². The van der Waals surface area contributed by atoms with E-state index < -0.39 is 24.1 Å². The number of rotatable bonds is 2. The SMILES string of the molecule is Nc1ncn([C@]2(CO)OCC[C@@H]2O)c(=O)n1. The maximum Gasteiger partial charge on any atom is 0.354 e. The predicted molar refractivity (Wildman–Crippen MR) is 52.3 cm³/mol. The highest BCUT2D eigenvalue weighted by molar-refractivity contribution is 5.10. The first kappa shape index (κ1) is 11.0. The van der Waals surface area contributed by atoms with Gasteiger partial charge in [0.05, 0.1) is 13.2 Å². The molecule has 0 unspecified atom stereocenters. The highest BCUT2D eigenvalue weighted by Crippen LogP contribution is 2.29. The highest BCUT2D eigenvalue weighted by atomic mass is 16.6. The normalized spacial score (nSPS) is 29.5. The molecule has 2 heterocycles. The zero-order valence-electron chi connectivity index (χ0n) is 8.41. The zero-order valence-corrected chi connectivity index (χ0v) is 8.41. The van der Waals surface area contributed by atoms with Gasteiger partial charge in [-0.25, -0.2) is 14.3 Å². The summed E-state index contributed by atoms with van der Waals surface area (Å²) in [6.45, 7) is -0.292. The average Bonchev–Trinajstić information content (AvgIpc) is 2.61. The summed E-state index contributed by atoms with van der Waals surface area (Å²) in [7, 11) is 0. The summed E-state index contributed by atoms with van der Waals surface area (Å²) in [6, 6.07) is 0. The number of hydrogen-bond acceptors (Lipinski definition) is 7. The van der Waals surface area contributed by atoms with Gasteiger partial charge >= 0.3 is 5.69 Å². The van der Waals surface area contributed by atoms with Gasteiger partial charge in [0.1, 0.15) is 12.4 Å². The van der Waals surface area contributed by atoms with Gasteiger partial charge in [0, 0.05) is 6.42 Å². The number of nitrogens with two attached hydrogens (primary N) is 1. The van der Waals surface area contributed by atoms with Crippen molar-refractivity contribution in [3.05, 3.63) is 16.8 Å². The minimum Gasteiger partial charge on any atom is -0.391 e. The van der Waals surface area contributed by atoms with E-state index in [1.807, 2.05) is 0 Å². The van der Waals surface area contributed by atoms with Gasteiger partial charge in [-0.1, -0.05) is 0 Å². The molecule has 1 saturated heterocycles. The van der Waals surface area contributed by atoms with Crippen LogP contribution in [0.25, 0.3) is 0 Å². The monoisotopic (exact) mass is 228 g/mol. The number of nitrogens with zero attached hydrogens (tertiary/aromatic N) is 3. The molecule has 0 aliphatic carbocycles. The average molecular weight is 228 g/mol. The summed E-state index contributed by atoms with van der Waals surface area (Å²) in [5.41, 5.74) is 3.03. The lowest BCUT2D eigenvalue weighted by molar-refractivity contribution is -0.151. The first-order valence-electron chi connectivity index (χ1n) is 4.74. The van der Waals surface area contributed by atoms with Gasteiger partial charge in [-0.3, -0.25) is 0 Å². The Morgan fingerprint density at radius 1 is 1.75 bits per heavy atom. The number of aliphatic hydroxyl groups is 2. The molecule has 4 N–H and O–H groups in total. The molecular formula is C8H12N4O4. The molecule has 0 bridgehead atoms. The molecule has 0 radical (unpaired) electrons. The molecule has 2 rings (SSSR count). The lowest BCUT2D eigenvalue weighted by Crippen LogP contribution is -2.51. The number of nitrogen functional groups attached to an aromatic ring is 1. The van der Waals surface area contributed by atoms with E-state index in [0.29, 0.717) is 6.42 Å². The number of aromatic nitrogens is 3. The Bertz CT molecular complexity index is 448. The standard InChI is InChI=1S/C8H12N4O4/c9-6-10-4-12(7(15)11-6)8(3-13)5(14)1-2-16-8/h4-5,13-14H,1-3H2,(H2,9,11,15)/t5-,8+/m0/s1. The van der Waals surface area contributed by atoms with E-state index in [2.05, 4.69) is 9.97 Å². The van der Waals surface area contributed by atoms with Crippen LogP contribution in [0, 0.1) is 0 Å². The lowest BCUT2D eigenvalue weighted by Gasteiger charge is -2.30. The number of anilines is 1. The van der Waals surface area contributed by atoms with Crippen LogP contribution in [0.2, 0.25) is 0 Å². The molecule has 1 aliphatic rings. The van der Waals surface area contributed by atoms with Crippen molar-refractivity contribution in [1.29, 1.82) is 0 Å². The van der Waals surface area contributed by atoms with Crippen molar-refractivity contribution in [2.45, 2.75) is 18.2 Å². The summed E-state index contributed by atoms with van der Waals surface area (Å²) >= 11 is 0. The van der Waals surface area contributed by atoms with Crippen molar-refractivity contribution in [1.82, 2.24) is 14.5 Å². The van der Waals surface area contributed by atoms with Crippen molar-refractivity contribution < 1.29 is 14.9 Å². The second-order valence-electron chi connectivity index (χ2n) is 3.52. The van der Waals surface area contributed by atoms with Crippen molar-refractivity contribution in [2.24, 2.45) is 0 Å². The molecule has 1 aliphatic heterocycles. The number of hydrogen-bond donors (Lipinski definition) is 3. The van der Waals surface area contributed by atoms with E-state index >= 15 is 0 Å². The first-order chi connectivity index (χ1) is 7.60. The third-order valence-corrected chi connectivity index (χ3v) is 2.62. The van der Waals surface area contributed by atoms with E-state index in [-0.39, 0.29) is 12.6 Å². The van der Waals surface area contributed by atoms with Gasteiger partial charge in [0.15, 0.2) is 5.72 Å². The molecule has 2 atom stereocenters. The molecule has 1 fully saturated rings. The topological polar surface area (TPSA) is 123 Å². The fourth-order valence-electron chi connectivity index (χ4n) is 1.73. The Kier molecular flexibility index (Phi) is 2.62. The smallest absolute Gasteiger partial charge is 0.354 e. The van der Waals surface area contributed by atoms with Crippen LogP contribution in [0.1, 0.15) is 6.42 Å². The Morgan fingerprint density at radius 3 is 3.00 bits per heavy atom. The van der Waals surface area contributed by atoms with Crippen LogP contribution in [0.5, 0.6) is 0 Å². The maximum absolute atomic E-state index is 11.6. The highest BCUT2D eigenvalue weighted by Gasteiger charge is 2.46. The van der Waals surface area contributed by atoms with Gasteiger partial charge in [-0.2, -0.15) is 4.98 Å². The van der Waals surface area contributed by atoms with Crippen LogP contribution in [0.4, 0.5) is 5.95 Å². The summed E-state index contributed by atoms with van der Waals surface area (Å²) in [4.78, 5) is 18.6.